The van der Waals surface area contributed by atoms with Crippen molar-refractivity contribution in [2.45, 2.75) is 29.1 Å². The van der Waals surface area contributed by atoms with E-state index in [9.17, 15) is 9.59 Å². The van der Waals surface area contributed by atoms with Crippen LogP contribution in [0.4, 0.5) is 0 Å². The molecule has 0 aliphatic rings. The molecular weight excluding hydrogens is 343 g/mol. The summed E-state index contributed by atoms with van der Waals surface area (Å²) in [6, 6.07) is -0.930. The van der Waals surface area contributed by atoms with E-state index in [-0.39, 0.29) is 26.5 Å². The van der Waals surface area contributed by atoms with Gasteiger partial charge in [-0.05, 0) is 0 Å². The molecule has 0 spiro atoms. The molecule has 0 amide bonds. The van der Waals surface area contributed by atoms with Crippen molar-refractivity contribution >= 4 is 48.5 Å². The molecule has 9 heteroatoms. The third-order valence-corrected chi connectivity index (χ3v) is 7.79. The fourth-order valence-corrected chi connectivity index (χ4v) is 6.01. The molecular formula is C9H18N2O4S2Se. The average molecular weight is 361 g/mol. The molecule has 0 heterocycles. The number of carboxylic acid groups (broad SMARTS) is 2. The molecule has 2 unspecified atom stereocenters. The summed E-state index contributed by atoms with van der Waals surface area (Å²) in [7, 11) is 2.51. The summed E-state index contributed by atoms with van der Waals surface area (Å²) in [5.41, 5.74) is 11.2. The Morgan fingerprint density at radius 3 is 2.44 bits per heavy atom. The third kappa shape index (κ3) is 6.86. The van der Waals surface area contributed by atoms with E-state index in [2.05, 4.69) is 0 Å². The van der Waals surface area contributed by atoms with Gasteiger partial charge in [-0.3, -0.25) is 0 Å². The summed E-state index contributed by atoms with van der Waals surface area (Å²) in [6.07, 6.45) is 0.911. The maximum atomic E-state index is 11.1. The van der Waals surface area contributed by atoms with Crippen LogP contribution < -0.4 is 11.5 Å². The molecule has 0 fully saturated rings. The summed E-state index contributed by atoms with van der Waals surface area (Å²) >= 11 is -0.171. The number of rotatable bonds is 10. The van der Waals surface area contributed by atoms with Crippen molar-refractivity contribution in [1.29, 1.82) is 0 Å². The molecule has 18 heavy (non-hydrogen) atoms. The van der Waals surface area contributed by atoms with Crippen LogP contribution in [0.1, 0.15) is 13.3 Å². The second-order valence-corrected chi connectivity index (χ2v) is 9.03. The molecule has 0 aromatic rings. The van der Waals surface area contributed by atoms with Crippen LogP contribution in [-0.4, -0.2) is 59.1 Å². The fourth-order valence-electron chi connectivity index (χ4n) is 0.771. The molecule has 0 aliphatic carbocycles. The predicted molar refractivity (Wildman–Crippen MR) is 75.9 cm³/mol. The molecule has 0 aromatic heterocycles. The van der Waals surface area contributed by atoms with Crippen LogP contribution in [-0.2, 0) is 9.59 Å². The Morgan fingerprint density at radius 2 is 2.00 bits per heavy atom. The topological polar surface area (TPSA) is 127 Å². The molecule has 0 radical (unpaired) electrons. The number of hydrogen-bond acceptors (Lipinski definition) is 6. The second-order valence-electron chi connectivity index (χ2n) is 3.53. The van der Waals surface area contributed by atoms with Crippen LogP contribution in [0.25, 0.3) is 0 Å². The minimum atomic E-state index is -1.19. The molecule has 0 aliphatic heterocycles. The van der Waals surface area contributed by atoms with Crippen LogP contribution in [0, 0.1) is 0 Å². The molecule has 0 saturated carbocycles. The van der Waals surface area contributed by atoms with Crippen LogP contribution in [0.15, 0.2) is 0 Å². The van der Waals surface area contributed by atoms with Crippen molar-refractivity contribution in [3.63, 3.8) is 0 Å². The molecule has 0 aromatic carbocycles. The first-order valence-corrected chi connectivity index (χ1v) is 9.78. The van der Waals surface area contributed by atoms with Crippen LogP contribution >= 0.6 is 21.6 Å². The van der Waals surface area contributed by atoms with Gasteiger partial charge in [-0.15, -0.1) is 0 Å². The van der Waals surface area contributed by atoms with Crippen molar-refractivity contribution in [3.05, 3.63) is 0 Å². The fraction of sp³-hybridized carbons (Fsp3) is 0.778. The van der Waals surface area contributed by atoms with Gasteiger partial charge in [0.2, 0.25) is 0 Å². The van der Waals surface area contributed by atoms with Gasteiger partial charge >= 0.3 is 120 Å². The van der Waals surface area contributed by atoms with E-state index in [4.69, 9.17) is 21.7 Å². The van der Waals surface area contributed by atoms with Gasteiger partial charge in [0.1, 0.15) is 0 Å². The van der Waals surface area contributed by atoms with Gasteiger partial charge < -0.3 is 0 Å². The zero-order valence-corrected chi connectivity index (χ0v) is 13.3. The second kappa shape index (κ2) is 9.06. The summed E-state index contributed by atoms with van der Waals surface area (Å²) in [5.74, 6) is -1.56. The van der Waals surface area contributed by atoms with E-state index in [1.807, 2.05) is 6.92 Å². The Morgan fingerprint density at radius 1 is 1.39 bits per heavy atom. The van der Waals surface area contributed by atoms with Crippen LogP contribution in [0.3, 0.4) is 0 Å². The van der Waals surface area contributed by atoms with E-state index in [0.29, 0.717) is 0 Å². The molecule has 6 nitrogen and oxygen atoms in total. The van der Waals surface area contributed by atoms with Gasteiger partial charge in [-0.2, -0.15) is 0 Å². The Kier molecular flexibility index (Phi) is 9.10. The van der Waals surface area contributed by atoms with Crippen LogP contribution in [0.5, 0.6) is 0 Å². The maximum absolute atomic E-state index is 11.1. The van der Waals surface area contributed by atoms with Crippen molar-refractivity contribution in [2.24, 2.45) is 11.5 Å². The van der Waals surface area contributed by atoms with Crippen molar-refractivity contribution in [1.82, 2.24) is 0 Å². The van der Waals surface area contributed by atoms with E-state index in [0.717, 1.165) is 11.7 Å². The molecule has 0 bridgehead atoms. The number of carboxylic acids is 2. The molecule has 0 saturated heterocycles. The molecule has 0 rings (SSSR count). The Hall–Kier alpha value is 0.0795. The van der Waals surface area contributed by atoms with Gasteiger partial charge in [-0.1, -0.05) is 0 Å². The summed E-state index contributed by atoms with van der Waals surface area (Å²) in [4.78, 5) is 21.6. The number of aliphatic carboxylic acids is 2. The normalized spacial score (nSPS) is 15.9. The van der Waals surface area contributed by atoms with E-state index >= 15 is 0 Å². The van der Waals surface area contributed by atoms with Crippen molar-refractivity contribution < 1.29 is 19.8 Å². The third-order valence-electron chi connectivity index (χ3n) is 1.85. The number of hydrogen-bond donors (Lipinski definition) is 4. The van der Waals surface area contributed by atoms with E-state index in [1.54, 1.807) is 0 Å². The van der Waals surface area contributed by atoms with Crippen molar-refractivity contribution in [3.8, 4) is 0 Å². The zero-order chi connectivity index (χ0) is 14.2. The van der Waals surface area contributed by atoms with Gasteiger partial charge in [0.15, 0.2) is 0 Å². The summed E-state index contributed by atoms with van der Waals surface area (Å²) in [5, 5.41) is 18.5. The first kappa shape index (κ1) is 18.1. The molecule has 6 N–H and O–H groups in total. The first-order valence-electron chi connectivity index (χ1n) is 5.22. The van der Waals surface area contributed by atoms with Gasteiger partial charge in [0, 0.05) is 0 Å². The average Bonchev–Trinajstić information content (AvgIpc) is 2.31. The number of nitrogens with two attached hydrogens (primary N) is 2. The van der Waals surface area contributed by atoms with Crippen molar-refractivity contribution in [2.75, 3.05) is 11.5 Å². The Bertz CT molecular complexity index is 296. The summed E-state index contributed by atoms with van der Waals surface area (Å²) in [6.45, 7) is 1.98. The number of carbonyl (C=O) groups is 2. The first-order chi connectivity index (χ1) is 8.33. The molecule has 2 atom stereocenters. The summed E-state index contributed by atoms with van der Waals surface area (Å²) < 4.78 is -1.19. The zero-order valence-electron chi connectivity index (χ0n) is 10.00. The van der Waals surface area contributed by atoms with E-state index < -0.39 is 22.4 Å². The molecule has 106 valence electrons. The minimum absolute atomic E-state index is 0.171. The monoisotopic (exact) mass is 362 g/mol. The van der Waals surface area contributed by atoms with Gasteiger partial charge in [0.05, 0.1) is 0 Å². The van der Waals surface area contributed by atoms with Crippen LogP contribution in [0.2, 0.25) is 5.32 Å². The van der Waals surface area contributed by atoms with Gasteiger partial charge in [-0.25, -0.2) is 0 Å². The van der Waals surface area contributed by atoms with E-state index in [1.165, 1.54) is 21.6 Å². The quantitative estimate of drug-likeness (QED) is 0.244. The standard InChI is InChI=1S/C9H18N2O4S2Se/c1-2-3-18-9(11,8(14)15)5-17-16-4-6(10)7(12)13/h6H,2-5,10-11H2,1H3,(H,12,13)(H,14,15). The van der Waals surface area contributed by atoms with Gasteiger partial charge in [0.25, 0.3) is 0 Å². The Labute approximate surface area is 120 Å². The predicted octanol–water partition coefficient (Wildman–Crippen LogP) is 0.0518. The SMILES string of the molecule is CCC[Se]C(N)(CSSCC(N)C(=O)O)C(=O)O. The Balaban J connectivity index is 4.05.